The summed E-state index contributed by atoms with van der Waals surface area (Å²) >= 11 is 2.59. The minimum atomic E-state index is -0.932. The summed E-state index contributed by atoms with van der Waals surface area (Å²) < 4.78 is 14.0. The number of thioether (sulfide) groups is 2. The predicted octanol–water partition coefficient (Wildman–Crippen LogP) is 4.36. The molecule has 0 saturated heterocycles. The van der Waals surface area contributed by atoms with Crippen molar-refractivity contribution in [3.8, 4) is 0 Å². The molecule has 0 radical (unpaired) electrons. The van der Waals surface area contributed by atoms with E-state index < -0.39 is 11.2 Å². The Morgan fingerprint density at radius 2 is 2.04 bits per heavy atom. The van der Waals surface area contributed by atoms with Crippen molar-refractivity contribution in [2.45, 2.75) is 34.4 Å². The SMILES string of the molecule is CC(Sc1ccccc1C(=O)NC1CCSc2c(F)cccc21)C(=O)O. The molecule has 1 amide bonds. The molecule has 3 rings (SSSR count). The number of amides is 1. The van der Waals surface area contributed by atoms with E-state index in [1.165, 1.54) is 17.8 Å². The lowest BCUT2D eigenvalue weighted by Crippen LogP contribution is -2.31. The quantitative estimate of drug-likeness (QED) is 0.742. The Morgan fingerprint density at radius 3 is 2.81 bits per heavy atom. The molecule has 2 aromatic carbocycles. The Bertz CT molecular complexity index is 843. The first kappa shape index (κ1) is 18.8. The fourth-order valence-corrected chi connectivity index (χ4v) is 4.84. The van der Waals surface area contributed by atoms with Crippen LogP contribution in [0.5, 0.6) is 0 Å². The second kappa shape index (κ2) is 8.14. The topological polar surface area (TPSA) is 66.4 Å². The molecule has 4 nitrogen and oxygen atoms in total. The van der Waals surface area contributed by atoms with Crippen LogP contribution < -0.4 is 5.32 Å². The highest BCUT2D eigenvalue weighted by Gasteiger charge is 2.26. The van der Waals surface area contributed by atoms with E-state index in [0.717, 1.165) is 23.1 Å². The van der Waals surface area contributed by atoms with E-state index in [0.29, 0.717) is 21.8 Å². The smallest absolute Gasteiger partial charge is 0.316 e. The second-order valence-corrected chi connectivity index (χ2v) is 8.40. The Labute approximate surface area is 159 Å². The van der Waals surface area contributed by atoms with Crippen molar-refractivity contribution >= 4 is 35.4 Å². The molecule has 2 unspecified atom stereocenters. The van der Waals surface area contributed by atoms with Crippen LogP contribution in [-0.4, -0.2) is 28.0 Å². The predicted molar refractivity (Wildman–Crippen MR) is 101 cm³/mol. The van der Waals surface area contributed by atoms with E-state index in [-0.39, 0.29) is 17.8 Å². The Hall–Kier alpha value is -1.99. The van der Waals surface area contributed by atoms with E-state index >= 15 is 0 Å². The first-order valence-electron chi connectivity index (χ1n) is 8.18. The Balaban J connectivity index is 1.82. The van der Waals surface area contributed by atoms with Gasteiger partial charge in [0.05, 0.1) is 11.6 Å². The summed E-state index contributed by atoms with van der Waals surface area (Å²) in [6, 6.07) is 11.6. The molecule has 1 aliphatic rings. The standard InChI is InChI=1S/C19H18FNO3S2/c1-11(19(23)24)26-16-8-3-2-5-13(16)18(22)21-15-9-10-25-17-12(15)6-4-7-14(17)20/h2-8,11,15H,9-10H2,1H3,(H,21,22)(H,23,24). The summed E-state index contributed by atoms with van der Waals surface area (Å²) in [6.07, 6.45) is 0.716. The van der Waals surface area contributed by atoms with E-state index in [2.05, 4.69) is 5.32 Å². The number of aliphatic carboxylic acids is 1. The molecule has 136 valence electrons. The van der Waals surface area contributed by atoms with Crippen LogP contribution in [0.25, 0.3) is 0 Å². The number of rotatable bonds is 5. The molecule has 2 atom stereocenters. The summed E-state index contributed by atoms with van der Waals surface area (Å²) in [4.78, 5) is 25.1. The van der Waals surface area contributed by atoms with Crippen molar-refractivity contribution in [1.29, 1.82) is 0 Å². The van der Waals surface area contributed by atoms with Gasteiger partial charge in [0.2, 0.25) is 0 Å². The summed E-state index contributed by atoms with van der Waals surface area (Å²) in [5.74, 6) is -0.750. The van der Waals surface area contributed by atoms with Crippen molar-refractivity contribution in [3.05, 3.63) is 59.4 Å². The molecule has 2 aromatic rings. The van der Waals surface area contributed by atoms with Crippen molar-refractivity contribution in [2.75, 3.05) is 5.75 Å². The third-order valence-electron chi connectivity index (χ3n) is 4.11. The fraction of sp³-hybridized carbons (Fsp3) is 0.263. The van der Waals surface area contributed by atoms with Crippen LogP contribution in [0.4, 0.5) is 4.39 Å². The van der Waals surface area contributed by atoms with Crippen LogP contribution in [-0.2, 0) is 4.79 Å². The number of carbonyl (C=O) groups is 2. The number of nitrogens with one attached hydrogen (secondary N) is 1. The number of carbonyl (C=O) groups excluding carboxylic acids is 1. The molecule has 0 aromatic heterocycles. The van der Waals surface area contributed by atoms with Crippen LogP contribution in [0.15, 0.2) is 52.3 Å². The van der Waals surface area contributed by atoms with Crippen molar-refractivity contribution in [1.82, 2.24) is 5.32 Å². The second-order valence-electron chi connectivity index (χ2n) is 5.92. The zero-order valence-corrected chi connectivity index (χ0v) is 15.7. The molecule has 0 spiro atoms. The summed E-state index contributed by atoms with van der Waals surface area (Å²) in [5, 5.41) is 11.4. The zero-order chi connectivity index (χ0) is 18.7. The van der Waals surface area contributed by atoms with E-state index in [4.69, 9.17) is 5.11 Å². The van der Waals surface area contributed by atoms with Gasteiger partial charge in [-0.25, -0.2) is 4.39 Å². The summed E-state index contributed by atoms with van der Waals surface area (Å²) in [5.41, 5.74) is 1.22. The largest absolute Gasteiger partial charge is 0.480 e. The number of hydrogen-bond acceptors (Lipinski definition) is 4. The molecule has 0 aliphatic carbocycles. The molecule has 0 saturated carbocycles. The van der Waals surface area contributed by atoms with Crippen LogP contribution in [0, 0.1) is 5.82 Å². The lowest BCUT2D eigenvalue weighted by Gasteiger charge is -2.26. The van der Waals surface area contributed by atoms with Gasteiger partial charge >= 0.3 is 5.97 Å². The first-order chi connectivity index (χ1) is 12.5. The normalized spacial score (nSPS) is 17.2. The maximum Gasteiger partial charge on any atom is 0.316 e. The molecule has 7 heteroatoms. The maximum absolute atomic E-state index is 14.0. The number of carboxylic acid groups (broad SMARTS) is 1. The van der Waals surface area contributed by atoms with Gasteiger partial charge in [0.25, 0.3) is 5.91 Å². The third-order valence-corrected chi connectivity index (χ3v) is 6.44. The van der Waals surface area contributed by atoms with Crippen LogP contribution >= 0.6 is 23.5 Å². The Kier molecular flexibility index (Phi) is 5.88. The van der Waals surface area contributed by atoms with Gasteiger partial charge in [-0.2, -0.15) is 0 Å². The van der Waals surface area contributed by atoms with Crippen LogP contribution in [0.3, 0.4) is 0 Å². The lowest BCUT2D eigenvalue weighted by molar-refractivity contribution is -0.136. The molecular formula is C19H18FNO3S2. The van der Waals surface area contributed by atoms with Gasteiger partial charge in [0.15, 0.2) is 0 Å². The van der Waals surface area contributed by atoms with Gasteiger partial charge < -0.3 is 10.4 Å². The average molecular weight is 391 g/mol. The van der Waals surface area contributed by atoms with E-state index in [9.17, 15) is 14.0 Å². The highest BCUT2D eigenvalue weighted by Crippen LogP contribution is 2.38. The Morgan fingerprint density at radius 1 is 1.27 bits per heavy atom. The number of halogens is 1. The maximum atomic E-state index is 14.0. The molecule has 2 N–H and O–H groups in total. The van der Waals surface area contributed by atoms with Gasteiger partial charge in [-0.15, -0.1) is 23.5 Å². The molecule has 26 heavy (non-hydrogen) atoms. The summed E-state index contributed by atoms with van der Waals surface area (Å²) in [6.45, 7) is 1.58. The van der Waals surface area contributed by atoms with E-state index in [1.807, 2.05) is 6.07 Å². The van der Waals surface area contributed by atoms with Gasteiger partial charge in [0.1, 0.15) is 11.1 Å². The van der Waals surface area contributed by atoms with Gasteiger partial charge in [-0.3, -0.25) is 9.59 Å². The average Bonchev–Trinajstić information content (AvgIpc) is 2.63. The molecule has 1 aliphatic heterocycles. The first-order valence-corrected chi connectivity index (χ1v) is 10.0. The monoisotopic (exact) mass is 391 g/mol. The minimum absolute atomic E-state index is 0.260. The minimum Gasteiger partial charge on any atom is -0.480 e. The van der Waals surface area contributed by atoms with E-state index in [1.54, 1.807) is 37.3 Å². The molecular weight excluding hydrogens is 373 g/mol. The van der Waals surface area contributed by atoms with Crippen LogP contribution in [0.1, 0.15) is 35.3 Å². The van der Waals surface area contributed by atoms with Crippen molar-refractivity contribution < 1.29 is 19.1 Å². The number of benzene rings is 2. The molecule has 1 heterocycles. The van der Waals surface area contributed by atoms with Gasteiger partial charge in [0, 0.05) is 15.5 Å². The molecule has 0 bridgehead atoms. The van der Waals surface area contributed by atoms with Crippen molar-refractivity contribution in [3.63, 3.8) is 0 Å². The molecule has 0 fully saturated rings. The third kappa shape index (κ3) is 4.04. The summed E-state index contributed by atoms with van der Waals surface area (Å²) in [7, 11) is 0. The fourth-order valence-electron chi connectivity index (χ4n) is 2.77. The zero-order valence-electron chi connectivity index (χ0n) is 14.1. The van der Waals surface area contributed by atoms with Crippen molar-refractivity contribution in [2.24, 2.45) is 0 Å². The number of carboxylic acids is 1. The highest BCUT2D eigenvalue weighted by molar-refractivity contribution is 8.00. The lowest BCUT2D eigenvalue weighted by atomic mass is 10.0. The van der Waals surface area contributed by atoms with Gasteiger partial charge in [-0.05, 0) is 37.1 Å². The number of hydrogen-bond donors (Lipinski definition) is 2. The van der Waals surface area contributed by atoms with Crippen LogP contribution in [0.2, 0.25) is 0 Å². The number of fused-ring (bicyclic) bond motifs is 1. The van der Waals surface area contributed by atoms with Gasteiger partial charge in [-0.1, -0.05) is 24.3 Å². The highest BCUT2D eigenvalue weighted by atomic mass is 32.2.